The van der Waals surface area contributed by atoms with Gasteiger partial charge in [-0.1, -0.05) is 22.0 Å². The first-order chi connectivity index (χ1) is 8.93. The maximum Gasteiger partial charge on any atom is 0.313 e. The molecule has 0 spiro atoms. The van der Waals surface area contributed by atoms with Gasteiger partial charge in [-0.3, -0.25) is 19.7 Å². The van der Waals surface area contributed by atoms with Gasteiger partial charge in [-0.25, -0.2) is 0 Å². The molecular formula is C12H12BrNO5. The predicted molar refractivity (Wildman–Crippen MR) is 70.8 cm³/mol. The van der Waals surface area contributed by atoms with Crippen molar-refractivity contribution in [1.82, 2.24) is 0 Å². The van der Waals surface area contributed by atoms with Gasteiger partial charge >= 0.3 is 5.97 Å². The average molecular weight is 330 g/mol. The Hall–Kier alpha value is -1.76. The molecule has 0 aliphatic heterocycles. The van der Waals surface area contributed by atoms with Gasteiger partial charge in [0, 0.05) is 22.5 Å². The first-order valence-electron chi connectivity index (χ1n) is 5.54. The van der Waals surface area contributed by atoms with Gasteiger partial charge in [0.25, 0.3) is 5.69 Å². The Morgan fingerprint density at radius 1 is 1.42 bits per heavy atom. The lowest BCUT2D eigenvalue weighted by atomic mass is 10.1. The number of ether oxygens (including phenoxy) is 1. The third kappa shape index (κ3) is 4.78. The molecule has 1 aromatic rings. The third-order valence-electron chi connectivity index (χ3n) is 2.28. The minimum atomic E-state index is -0.618. The Kier molecular flexibility index (Phi) is 5.62. The fraction of sp³-hybridized carbons (Fsp3) is 0.333. The highest BCUT2D eigenvalue weighted by Gasteiger charge is 2.18. The Morgan fingerprint density at radius 3 is 2.68 bits per heavy atom. The standard InChI is InChI=1S/C12H12BrNO5/c1-2-19-12(16)7-10(15)5-8-3-4-9(13)6-11(8)14(17)18/h3-4,6H,2,5,7H2,1H3. The minimum Gasteiger partial charge on any atom is -0.466 e. The number of carbonyl (C=O) groups is 2. The highest BCUT2D eigenvalue weighted by atomic mass is 79.9. The molecule has 0 aliphatic carbocycles. The average Bonchev–Trinajstić information content (AvgIpc) is 2.31. The largest absolute Gasteiger partial charge is 0.466 e. The Labute approximate surface area is 118 Å². The molecule has 0 atom stereocenters. The lowest BCUT2D eigenvalue weighted by Crippen LogP contribution is -2.13. The second-order valence-corrected chi connectivity index (χ2v) is 4.64. The molecule has 0 unspecified atom stereocenters. The van der Waals surface area contributed by atoms with Crippen LogP contribution in [0.15, 0.2) is 22.7 Å². The first-order valence-corrected chi connectivity index (χ1v) is 6.33. The van der Waals surface area contributed by atoms with Crippen LogP contribution in [0.1, 0.15) is 18.9 Å². The summed E-state index contributed by atoms with van der Waals surface area (Å²) >= 11 is 3.13. The monoisotopic (exact) mass is 329 g/mol. The van der Waals surface area contributed by atoms with Crippen molar-refractivity contribution in [3.05, 3.63) is 38.3 Å². The van der Waals surface area contributed by atoms with Crippen LogP contribution in [0, 0.1) is 10.1 Å². The summed E-state index contributed by atoms with van der Waals surface area (Å²) in [7, 11) is 0. The second-order valence-electron chi connectivity index (χ2n) is 3.73. The van der Waals surface area contributed by atoms with E-state index in [1.807, 2.05) is 0 Å². The zero-order chi connectivity index (χ0) is 14.4. The molecule has 0 N–H and O–H groups in total. The molecule has 0 radical (unpaired) electrons. The SMILES string of the molecule is CCOC(=O)CC(=O)Cc1ccc(Br)cc1[N+](=O)[O-]. The number of carbonyl (C=O) groups excluding carboxylic acids is 2. The summed E-state index contributed by atoms with van der Waals surface area (Å²) < 4.78 is 5.20. The topological polar surface area (TPSA) is 86.5 Å². The van der Waals surface area contributed by atoms with Gasteiger partial charge in [0.15, 0.2) is 0 Å². The van der Waals surface area contributed by atoms with Crippen molar-refractivity contribution in [3.8, 4) is 0 Å². The smallest absolute Gasteiger partial charge is 0.313 e. The van der Waals surface area contributed by atoms with Gasteiger partial charge in [-0.05, 0) is 13.0 Å². The number of nitro benzene ring substituents is 1. The summed E-state index contributed by atoms with van der Waals surface area (Å²) in [6.07, 6.45) is -0.538. The summed E-state index contributed by atoms with van der Waals surface area (Å²) in [6.45, 7) is 1.84. The zero-order valence-electron chi connectivity index (χ0n) is 10.2. The number of esters is 1. The number of hydrogen-bond acceptors (Lipinski definition) is 5. The summed E-state index contributed by atoms with van der Waals surface area (Å²) in [5.74, 6) is -1.03. The summed E-state index contributed by atoms with van der Waals surface area (Å²) in [5, 5.41) is 10.9. The quantitative estimate of drug-likeness (QED) is 0.346. The molecule has 1 rings (SSSR count). The van der Waals surface area contributed by atoms with Crippen LogP contribution in [-0.4, -0.2) is 23.3 Å². The molecule has 0 aliphatic rings. The molecular weight excluding hydrogens is 318 g/mol. The number of ketones is 1. The fourth-order valence-corrected chi connectivity index (χ4v) is 1.85. The summed E-state index contributed by atoms with van der Waals surface area (Å²) in [4.78, 5) is 33.1. The Balaban J connectivity index is 2.79. The normalized spacial score (nSPS) is 10.0. The van der Waals surface area contributed by atoms with Crippen LogP contribution < -0.4 is 0 Å². The van der Waals surface area contributed by atoms with Crippen LogP contribution >= 0.6 is 15.9 Å². The Morgan fingerprint density at radius 2 is 2.11 bits per heavy atom. The molecule has 7 heteroatoms. The van der Waals surface area contributed by atoms with Crippen LogP contribution in [0.3, 0.4) is 0 Å². The molecule has 0 aromatic heterocycles. The van der Waals surface area contributed by atoms with E-state index in [-0.39, 0.29) is 30.7 Å². The van der Waals surface area contributed by atoms with E-state index < -0.39 is 16.7 Å². The summed E-state index contributed by atoms with van der Waals surface area (Å²) in [5.41, 5.74) is 0.133. The van der Waals surface area contributed by atoms with Crippen LogP contribution in [0.5, 0.6) is 0 Å². The van der Waals surface area contributed by atoms with Crippen LogP contribution in [0.4, 0.5) is 5.69 Å². The second kappa shape index (κ2) is 6.98. The van der Waals surface area contributed by atoms with Gasteiger partial charge in [0.05, 0.1) is 11.5 Å². The molecule has 0 bridgehead atoms. The predicted octanol–water partition coefficient (Wildman–Crippen LogP) is 2.42. The van der Waals surface area contributed by atoms with Crippen molar-refractivity contribution >= 4 is 33.4 Å². The van der Waals surface area contributed by atoms with E-state index in [4.69, 9.17) is 0 Å². The van der Waals surface area contributed by atoms with Crippen LogP contribution in [0.2, 0.25) is 0 Å². The summed E-state index contributed by atoms with van der Waals surface area (Å²) in [6, 6.07) is 4.43. The third-order valence-corrected chi connectivity index (χ3v) is 2.77. The number of nitrogens with zero attached hydrogens (tertiary/aromatic N) is 1. The van der Waals surface area contributed by atoms with Crippen molar-refractivity contribution < 1.29 is 19.2 Å². The number of hydrogen-bond donors (Lipinski definition) is 0. The maximum atomic E-state index is 11.6. The number of rotatable bonds is 6. The van der Waals surface area contributed by atoms with E-state index in [1.165, 1.54) is 12.1 Å². The van der Waals surface area contributed by atoms with E-state index >= 15 is 0 Å². The lowest BCUT2D eigenvalue weighted by Gasteiger charge is -2.03. The van der Waals surface area contributed by atoms with Gasteiger partial charge in [-0.15, -0.1) is 0 Å². The lowest BCUT2D eigenvalue weighted by molar-refractivity contribution is -0.385. The van der Waals surface area contributed by atoms with Crippen molar-refractivity contribution in [3.63, 3.8) is 0 Å². The van der Waals surface area contributed by atoms with Crippen molar-refractivity contribution in [2.75, 3.05) is 6.61 Å². The zero-order valence-corrected chi connectivity index (χ0v) is 11.8. The van der Waals surface area contributed by atoms with Crippen molar-refractivity contribution in [2.24, 2.45) is 0 Å². The molecule has 0 saturated carbocycles. The molecule has 102 valence electrons. The van der Waals surface area contributed by atoms with E-state index in [0.717, 1.165) is 0 Å². The number of Topliss-reactive ketones (excluding diaryl/α,β-unsaturated/α-hetero) is 1. The van der Waals surface area contributed by atoms with Crippen LogP contribution in [0.25, 0.3) is 0 Å². The van der Waals surface area contributed by atoms with Gasteiger partial charge in [-0.2, -0.15) is 0 Å². The number of halogens is 1. The van der Waals surface area contributed by atoms with Gasteiger partial charge in [0.2, 0.25) is 0 Å². The molecule has 6 nitrogen and oxygen atoms in total. The highest BCUT2D eigenvalue weighted by Crippen LogP contribution is 2.24. The fourth-order valence-electron chi connectivity index (χ4n) is 1.50. The van der Waals surface area contributed by atoms with Crippen molar-refractivity contribution in [1.29, 1.82) is 0 Å². The van der Waals surface area contributed by atoms with Crippen molar-refractivity contribution in [2.45, 2.75) is 19.8 Å². The van der Waals surface area contributed by atoms with Crippen LogP contribution in [-0.2, 0) is 20.7 Å². The molecule has 0 amide bonds. The maximum absolute atomic E-state index is 11.6. The van der Waals surface area contributed by atoms with Gasteiger partial charge < -0.3 is 4.74 Å². The van der Waals surface area contributed by atoms with E-state index in [9.17, 15) is 19.7 Å². The Bertz CT molecular complexity index is 515. The van der Waals surface area contributed by atoms with E-state index in [0.29, 0.717) is 4.47 Å². The molecule has 0 fully saturated rings. The highest BCUT2D eigenvalue weighted by molar-refractivity contribution is 9.10. The number of benzene rings is 1. The van der Waals surface area contributed by atoms with E-state index in [2.05, 4.69) is 20.7 Å². The van der Waals surface area contributed by atoms with E-state index in [1.54, 1.807) is 13.0 Å². The minimum absolute atomic E-state index is 0.147. The number of nitro groups is 1. The molecule has 19 heavy (non-hydrogen) atoms. The molecule has 0 heterocycles. The molecule has 1 aromatic carbocycles. The van der Waals surface area contributed by atoms with Gasteiger partial charge in [0.1, 0.15) is 12.2 Å². The first kappa shape index (κ1) is 15.3. The molecule has 0 saturated heterocycles.